The largest absolute Gasteiger partial charge is 0.360 e. The number of nitrogens with one attached hydrogen (secondary N) is 1. The molecular formula is C19H17N3OS. The summed E-state index contributed by atoms with van der Waals surface area (Å²) in [5.74, 6) is 0.0255. The molecule has 5 heteroatoms. The van der Waals surface area contributed by atoms with Crippen LogP contribution in [-0.4, -0.2) is 15.8 Å². The number of aryl methyl sites for hydroxylation is 1. The first-order valence-electron chi connectivity index (χ1n) is 7.84. The highest BCUT2D eigenvalue weighted by Crippen LogP contribution is 2.35. The number of amides is 1. The molecule has 1 amide bonds. The van der Waals surface area contributed by atoms with Crippen LogP contribution in [0.5, 0.6) is 0 Å². The van der Waals surface area contributed by atoms with Crippen LogP contribution in [-0.2, 0) is 6.54 Å². The molecule has 0 saturated heterocycles. The van der Waals surface area contributed by atoms with Gasteiger partial charge in [0.05, 0.1) is 17.8 Å². The molecule has 0 aliphatic carbocycles. The molecule has 0 fully saturated rings. The molecule has 3 heterocycles. The molecule has 24 heavy (non-hydrogen) atoms. The Labute approximate surface area is 144 Å². The van der Waals surface area contributed by atoms with Crippen molar-refractivity contribution in [2.45, 2.75) is 19.6 Å². The van der Waals surface area contributed by atoms with Crippen LogP contribution in [0.3, 0.4) is 0 Å². The van der Waals surface area contributed by atoms with Crippen molar-refractivity contribution in [2.75, 3.05) is 5.32 Å². The van der Waals surface area contributed by atoms with Gasteiger partial charge in [-0.15, -0.1) is 11.3 Å². The van der Waals surface area contributed by atoms with E-state index in [0.717, 1.165) is 21.8 Å². The minimum absolute atomic E-state index is 0.0255. The second kappa shape index (κ2) is 6.09. The summed E-state index contributed by atoms with van der Waals surface area (Å²) >= 11 is 1.66. The number of thiophene rings is 1. The fourth-order valence-electron chi connectivity index (χ4n) is 3.00. The number of benzene rings is 1. The first-order valence-corrected chi connectivity index (χ1v) is 8.72. The van der Waals surface area contributed by atoms with Crippen molar-refractivity contribution in [3.8, 4) is 0 Å². The smallest absolute Gasteiger partial charge is 0.258 e. The SMILES string of the molecule is Cc1ccccc1N[C@H]1c2ncccc2C(=O)N1Cc1cccs1. The Kier molecular flexibility index (Phi) is 3.78. The predicted octanol–water partition coefficient (Wildman–Crippen LogP) is 4.22. The quantitative estimate of drug-likeness (QED) is 0.776. The lowest BCUT2D eigenvalue weighted by Crippen LogP contribution is -2.32. The predicted molar refractivity (Wildman–Crippen MR) is 96.0 cm³/mol. The number of fused-ring (bicyclic) bond motifs is 1. The zero-order valence-electron chi connectivity index (χ0n) is 13.3. The number of carbonyl (C=O) groups excluding carboxylic acids is 1. The molecule has 1 atom stereocenters. The maximum Gasteiger partial charge on any atom is 0.258 e. The van der Waals surface area contributed by atoms with Crippen molar-refractivity contribution >= 4 is 22.9 Å². The fraction of sp³-hybridized carbons (Fsp3) is 0.158. The third-order valence-corrected chi connectivity index (χ3v) is 5.11. The van der Waals surface area contributed by atoms with Gasteiger partial charge in [0.25, 0.3) is 5.91 Å². The van der Waals surface area contributed by atoms with Gasteiger partial charge in [0.1, 0.15) is 6.17 Å². The number of carbonyl (C=O) groups is 1. The highest BCUT2D eigenvalue weighted by Gasteiger charge is 2.38. The molecule has 0 spiro atoms. The lowest BCUT2D eigenvalue weighted by atomic mass is 10.1. The number of hydrogen-bond donors (Lipinski definition) is 1. The second-order valence-electron chi connectivity index (χ2n) is 5.81. The van der Waals surface area contributed by atoms with E-state index in [9.17, 15) is 4.79 Å². The minimum Gasteiger partial charge on any atom is -0.360 e. The number of para-hydroxylation sites is 1. The standard InChI is InChI=1S/C19H17N3OS/c1-13-6-2-3-9-16(13)21-18-17-15(8-4-10-20-17)19(23)22(18)12-14-7-5-11-24-14/h2-11,18,21H,12H2,1H3/t18-/m1/s1. The fourth-order valence-corrected chi connectivity index (χ4v) is 3.70. The molecule has 1 aliphatic rings. The van der Waals surface area contributed by atoms with E-state index in [2.05, 4.69) is 29.4 Å². The topological polar surface area (TPSA) is 45.2 Å². The van der Waals surface area contributed by atoms with Crippen molar-refractivity contribution < 1.29 is 4.79 Å². The summed E-state index contributed by atoms with van der Waals surface area (Å²) < 4.78 is 0. The third-order valence-electron chi connectivity index (χ3n) is 4.24. The van der Waals surface area contributed by atoms with Crippen LogP contribution in [0.4, 0.5) is 5.69 Å². The number of anilines is 1. The summed E-state index contributed by atoms with van der Waals surface area (Å²) in [5, 5.41) is 5.54. The van der Waals surface area contributed by atoms with E-state index in [1.165, 1.54) is 0 Å². The Morgan fingerprint density at radius 3 is 2.83 bits per heavy atom. The van der Waals surface area contributed by atoms with Gasteiger partial charge in [-0.3, -0.25) is 9.78 Å². The molecule has 4 nitrogen and oxygen atoms in total. The summed E-state index contributed by atoms with van der Waals surface area (Å²) in [6, 6.07) is 15.8. The zero-order chi connectivity index (χ0) is 16.5. The average molecular weight is 335 g/mol. The van der Waals surface area contributed by atoms with E-state index in [4.69, 9.17) is 0 Å². The lowest BCUT2D eigenvalue weighted by Gasteiger charge is -2.26. The van der Waals surface area contributed by atoms with E-state index in [-0.39, 0.29) is 12.1 Å². The van der Waals surface area contributed by atoms with Gasteiger partial charge in [0.2, 0.25) is 0 Å². The normalized spacial score (nSPS) is 16.3. The van der Waals surface area contributed by atoms with Gasteiger partial charge in [-0.2, -0.15) is 0 Å². The molecule has 0 bridgehead atoms. The van der Waals surface area contributed by atoms with E-state index in [1.807, 2.05) is 46.7 Å². The monoisotopic (exact) mass is 335 g/mol. The summed E-state index contributed by atoms with van der Waals surface area (Å²) in [5.41, 5.74) is 3.64. The van der Waals surface area contributed by atoms with Gasteiger partial charge < -0.3 is 10.2 Å². The molecule has 1 aliphatic heterocycles. The van der Waals surface area contributed by atoms with Crippen LogP contribution in [0.15, 0.2) is 60.1 Å². The van der Waals surface area contributed by atoms with Crippen LogP contribution < -0.4 is 5.32 Å². The molecule has 3 aromatic rings. The van der Waals surface area contributed by atoms with Gasteiger partial charge in [-0.1, -0.05) is 24.3 Å². The highest BCUT2D eigenvalue weighted by molar-refractivity contribution is 7.09. The molecule has 0 saturated carbocycles. The maximum atomic E-state index is 12.9. The van der Waals surface area contributed by atoms with Crippen molar-refractivity contribution in [2.24, 2.45) is 0 Å². The van der Waals surface area contributed by atoms with Gasteiger partial charge in [-0.25, -0.2) is 0 Å². The number of rotatable bonds is 4. The molecule has 4 rings (SSSR count). The van der Waals surface area contributed by atoms with Crippen molar-refractivity contribution in [3.05, 3.63) is 81.8 Å². The van der Waals surface area contributed by atoms with Gasteiger partial charge >= 0.3 is 0 Å². The Bertz CT molecular complexity index is 876. The van der Waals surface area contributed by atoms with Crippen LogP contribution >= 0.6 is 11.3 Å². The Hall–Kier alpha value is -2.66. The molecule has 0 unspecified atom stereocenters. The Morgan fingerprint density at radius 1 is 1.17 bits per heavy atom. The van der Waals surface area contributed by atoms with E-state index >= 15 is 0 Å². The molecular weight excluding hydrogens is 318 g/mol. The third kappa shape index (κ3) is 2.57. The van der Waals surface area contributed by atoms with Crippen LogP contribution in [0, 0.1) is 6.92 Å². The molecule has 0 radical (unpaired) electrons. The highest BCUT2D eigenvalue weighted by atomic mass is 32.1. The van der Waals surface area contributed by atoms with Crippen molar-refractivity contribution in [1.82, 2.24) is 9.88 Å². The second-order valence-corrected chi connectivity index (χ2v) is 6.84. The van der Waals surface area contributed by atoms with Crippen LogP contribution in [0.1, 0.15) is 32.7 Å². The Morgan fingerprint density at radius 2 is 2.04 bits per heavy atom. The average Bonchev–Trinajstić information content (AvgIpc) is 3.20. The maximum absolute atomic E-state index is 12.9. The minimum atomic E-state index is -0.253. The summed E-state index contributed by atoms with van der Waals surface area (Å²) in [4.78, 5) is 20.4. The van der Waals surface area contributed by atoms with Crippen LogP contribution in [0.25, 0.3) is 0 Å². The Balaban J connectivity index is 1.72. The van der Waals surface area contributed by atoms with Gasteiger partial charge in [0.15, 0.2) is 0 Å². The molecule has 2 aromatic heterocycles. The van der Waals surface area contributed by atoms with Crippen LogP contribution in [0.2, 0.25) is 0 Å². The van der Waals surface area contributed by atoms with Crippen molar-refractivity contribution in [1.29, 1.82) is 0 Å². The molecule has 1 N–H and O–H groups in total. The molecule has 120 valence electrons. The van der Waals surface area contributed by atoms with E-state index in [1.54, 1.807) is 17.5 Å². The zero-order valence-corrected chi connectivity index (χ0v) is 14.1. The number of nitrogens with zero attached hydrogens (tertiary/aromatic N) is 2. The first-order chi connectivity index (χ1) is 11.7. The summed E-state index contributed by atoms with van der Waals surface area (Å²) in [7, 11) is 0. The number of hydrogen-bond acceptors (Lipinski definition) is 4. The lowest BCUT2D eigenvalue weighted by molar-refractivity contribution is 0.0729. The van der Waals surface area contributed by atoms with E-state index < -0.39 is 0 Å². The van der Waals surface area contributed by atoms with Crippen molar-refractivity contribution in [3.63, 3.8) is 0 Å². The van der Waals surface area contributed by atoms with Gasteiger partial charge in [0, 0.05) is 16.8 Å². The number of aromatic nitrogens is 1. The number of pyridine rings is 1. The molecule has 1 aromatic carbocycles. The first kappa shape index (κ1) is 14.9. The summed E-state index contributed by atoms with van der Waals surface area (Å²) in [6.45, 7) is 2.64. The van der Waals surface area contributed by atoms with Gasteiger partial charge in [-0.05, 0) is 42.1 Å². The summed E-state index contributed by atoms with van der Waals surface area (Å²) in [6.07, 6.45) is 1.49. The van der Waals surface area contributed by atoms with E-state index in [0.29, 0.717) is 12.1 Å².